The SMILES string of the molecule is NCc1oc2ccccc2c1COc1ccc(F)cc1Br. The molecule has 3 nitrogen and oxygen atoms in total. The van der Waals surface area contributed by atoms with Crippen LogP contribution in [0.4, 0.5) is 4.39 Å². The molecule has 0 atom stereocenters. The molecule has 3 aromatic rings. The van der Waals surface area contributed by atoms with Gasteiger partial charge in [-0.05, 0) is 40.2 Å². The van der Waals surface area contributed by atoms with Crippen LogP contribution in [0.1, 0.15) is 11.3 Å². The zero-order valence-electron chi connectivity index (χ0n) is 11.1. The summed E-state index contributed by atoms with van der Waals surface area (Å²) in [6.45, 7) is 0.617. The van der Waals surface area contributed by atoms with E-state index in [4.69, 9.17) is 14.9 Å². The third kappa shape index (κ3) is 2.80. The van der Waals surface area contributed by atoms with Crippen LogP contribution in [0.2, 0.25) is 0 Å². The molecule has 0 saturated carbocycles. The lowest BCUT2D eigenvalue weighted by molar-refractivity contribution is 0.301. The predicted molar refractivity (Wildman–Crippen MR) is 82.5 cm³/mol. The molecule has 1 heterocycles. The van der Waals surface area contributed by atoms with Crippen molar-refractivity contribution in [3.05, 3.63) is 64.1 Å². The van der Waals surface area contributed by atoms with E-state index in [1.165, 1.54) is 12.1 Å². The van der Waals surface area contributed by atoms with E-state index in [0.29, 0.717) is 29.1 Å². The summed E-state index contributed by atoms with van der Waals surface area (Å²) in [7, 11) is 0. The maximum atomic E-state index is 13.1. The third-order valence-corrected chi connectivity index (χ3v) is 3.85. The molecular weight excluding hydrogens is 337 g/mol. The van der Waals surface area contributed by atoms with Crippen LogP contribution < -0.4 is 10.5 Å². The Bertz CT molecular complexity index is 785. The summed E-state index contributed by atoms with van der Waals surface area (Å²) in [5, 5.41) is 0.983. The van der Waals surface area contributed by atoms with Gasteiger partial charge in [-0.25, -0.2) is 4.39 Å². The van der Waals surface area contributed by atoms with E-state index in [-0.39, 0.29) is 5.82 Å². The Labute approximate surface area is 129 Å². The lowest BCUT2D eigenvalue weighted by atomic mass is 10.1. The number of hydrogen-bond acceptors (Lipinski definition) is 3. The quantitative estimate of drug-likeness (QED) is 0.760. The highest BCUT2D eigenvalue weighted by Gasteiger charge is 2.14. The fourth-order valence-corrected chi connectivity index (χ4v) is 2.68. The normalized spacial score (nSPS) is 11.0. The average molecular weight is 350 g/mol. The lowest BCUT2D eigenvalue weighted by Gasteiger charge is -2.08. The second-order valence-corrected chi connectivity index (χ2v) is 5.42. The molecule has 2 N–H and O–H groups in total. The highest BCUT2D eigenvalue weighted by atomic mass is 79.9. The van der Waals surface area contributed by atoms with Gasteiger partial charge in [-0.15, -0.1) is 0 Å². The Morgan fingerprint density at radius 2 is 2.00 bits per heavy atom. The van der Waals surface area contributed by atoms with Gasteiger partial charge in [0.2, 0.25) is 0 Å². The molecule has 3 rings (SSSR count). The number of halogens is 2. The maximum Gasteiger partial charge on any atom is 0.134 e. The number of para-hydroxylation sites is 1. The maximum absolute atomic E-state index is 13.1. The molecule has 5 heteroatoms. The minimum Gasteiger partial charge on any atom is -0.488 e. The van der Waals surface area contributed by atoms with Gasteiger partial charge in [-0.3, -0.25) is 0 Å². The third-order valence-electron chi connectivity index (χ3n) is 3.23. The van der Waals surface area contributed by atoms with Gasteiger partial charge in [-0.1, -0.05) is 18.2 Å². The number of fused-ring (bicyclic) bond motifs is 1. The first-order chi connectivity index (χ1) is 10.2. The van der Waals surface area contributed by atoms with Crippen LogP contribution in [-0.2, 0) is 13.2 Å². The van der Waals surface area contributed by atoms with Crippen LogP contribution in [0, 0.1) is 5.82 Å². The van der Waals surface area contributed by atoms with Crippen molar-refractivity contribution in [2.75, 3.05) is 0 Å². The number of hydrogen-bond donors (Lipinski definition) is 1. The van der Waals surface area contributed by atoms with Crippen molar-refractivity contribution < 1.29 is 13.5 Å². The molecule has 0 radical (unpaired) electrons. The molecule has 0 spiro atoms. The number of nitrogens with two attached hydrogens (primary N) is 1. The Balaban J connectivity index is 1.91. The van der Waals surface area contributed by atoms with E-state index in [2.05, 4.69) is 15.9 Å². The number of rotatable bonds is 4. The van der Waals surface area contributed by atoms with Crippen LogP contribution in [0.3, 0.4) is 0 Å². The number of furan rings is 1. The van der Waals surface area contributed by atoms with E-state index in [1.54, 1.807) is 6.07 Å². The molecule has 0 fully saturated rings. The summed E-state index contributed by atoms with van der Waals surface area (Å²) in [5.41, 5.74) is 7.43. The van der Waals surface area contributed by atoms with Crippen molar-refractivity contribution in [3.8, 4) is 5.75 Å². The molecule has 0 unspecified atom stereocenters. The van der Waals surface area contributed by atoms with Gasteiger partial charge >= 0.3 is 0 Å². The average Bonchev–Trinajstić information content (AvgIpc) is 2.84. The first-order valence-electron chi connectivity index (χ1n) is 6.46. The first-order valence-corrected chi connectivity index (χ1v) is 7.25. The van der Waals surface area contributed by atoms with Crippen LogP contribution in [0.25, 0.3) is 11.0 Å². The number of benzene rings is 2. The van der Waals surface area contributed by atoms with Gasteiger partial charge in [0.1, 0.15) is 29.5 Å². The molecule has 0 amide bonds. The Morgan fingerprint density at radius 3 is 2.76 bits per heavy atom. The van der Waals surface area contributed by atoms with Crippen molar-refractivity contribution in [2.24, 2.45) is 5.73 Å². The molecule has 1 aromatic heterocycles. The van der Waals surface area contributed by atoms with Crippen molar-refractivity contribution in [2.45, 2.75) is 13.2 Å². The van der Waals surface area contributed by atoms with E-state index in [1.807, 2.05) is 24.3 Å². The van der Waals surface area contributed by atoms with Crippen LogP contribution in [0.15, 0.2) is 51.4 Å². The van der Waals surface area contributed by atoms with Gasteiger partial charge in [0.05, 0.1) is 11.0 Å². The van der Waals surface area contributed by atoms with Gasteiger partial charge in [-0.2, -0.15) is 0 Å². The molecule has 0 aliphatic heterocycles. The second-order valence-electron chi connectivity index (χ2n) is 4.57. The van der Waals surface area contributed by atoms with Gasteiger partial charge in [0.25, 0.3) is 0 Å². The number of ether oxygens (including phenoxy) is 1. The smallest absolute Gasteiger partial charge is 0.134 e. The standard InChI is InChI=1S/C16H13BrFNO2/c17-13-7-10(18)5-6-15(13)20-9-12-11-3-1-2-4-14(11)21-16(12)8-19/h1-7H,8-9,19H2. The highest BCUT2D eigenvalue weighted by molar-refractivity contribution is 9.10. The zero-order valence-corrected chi connectivity index (χ0v) is 12.7. The van der Waals surface area contributed by atoms with Crippen molar-refractivity contribution in [1.29, 1.82) is 0 Å². The van der Waals surface area contributed by atoms with E-state index < -0.39 is 0 Å². The summed E-state index contributed by atoms with van der Waals surface area (Å²) in [5.74, 6) is 0.963. The van der Waals surface area contributed by atoms with Crippen LogP contribution >= 0.6 is 15.9 Å². The fraction of sp³-hybridized carbons (Fsp3) is 0.125. The van der Waals surface area contributed by atoms with Crippen molar-refractivity contribution in [1.82, 2.24) is 0 Å². The first kappa shape index (κ1) is 14.1. The summed E-state index contributed by atoms with van der Waals surface area (Å²) >= 11 is 3.28. The summed E-state index contributed by atoms with van der Waals surface area (Å²) in [6, 6.07) is 12.0. The monoisotopic (exact) mass is 349 g/mol. The lowest BCUT2D eigenvalue weighted by Crippen LogP contribution is -2.02. The molecule has 2 aromatic carbocycles. The molecule has 0 aliphatic rings. The van der Waals surface area contributed by atoms with Gasteiger partial charge in [0, 0.05) is 10.9 Å². The molecule has 0 aliphatic carbocycles. The minimum atomic E-state index is -0.314. The van der Waals surface area contributed by atoms with E-state index >= 15 is 0 Å². The predicted octanol–water partition coefficient (Wildman–Crippen LogP) is 4.37. The molecule has 21 heavy (non-hydrogen) atoms. The van der Waals surface area contributed by atoms with E-state index in [9.17, 15) is 4.39 Å². The summed E-state index contributed by atoms with van der Waals surface area (Å²) < 4.78 is 25.1. The molecule has 0 bridgehead atoms. The summed E-state index contributed by atoms with van der Waals surface area (Å²) in [4.78, 5) is 0. The molecular formula is C16H13BrFNO2. The van der Waals surface area contributed by atoms with Crippen LogP contribution in [-0.4, -0.2) is 0 Å². The highest BCUT2D eigenvalue weighted by Crippen LogP contribution is 2.30. The van der Waals surface area contributed by atoms with Crippen molar-refractivity contribution >= 4 is 26.9 Å². The second kappa shape index (κ2) is 5.87. The Morgan fingerprint density at radius 1 is 1.19 bits per heavy atom. The Hall–Kier alpha value is -1.85. The minimum absolute atomic E-state index is 0.304. The summed E-state index contributed by atoms with van der Waals surface area (Å²) in [6.07, 6.45) is 0. The fourth-order valence-electron chi connectivity index (χ4n) is 2.21. The topological polar surface area (TPSA) is 48.4 Å². The van der Waals surface area contributed by atoms with E-state index in [0.717, 1.165) is 16.5 Å². The van der Waals surface area contributed by atoms with Crippen LogP contribution in [0.5, 0.6) is 5.75 Å². The zero-order chi connectivity index (χ0) is 14.8. The largest absolute Gasteiger partial charge is 0.488 e. The Kier molecular flexibility index (Phi) is 3.94. The van der Waals surface area contributed by atoms with Gasteiger partial charge < -0.3 is 14.9 Å². The van der Waals surface area contributed by atoms with Crippen molar-refractivity contribution in [3.63, 3.8) is 0 Å². The molecule has 0 saturated heterocycles. The van der Waals surface area contributed by atoms with Gasteiger partial charge in [0.15, 0.2) is 0 Å². The molecule has 108 valence electrons.